The normalized spacial score (nSPS) is 21.5. The summed E-state index contributed by atoms with van der Waals surface area (Å²) in [5, 5.41) is 29.2. The van der Waals surface area contributed by atoms with E-state index in [9.17, 15) is 15.3 Å². The number of fused-ring (bicyclic) bond motifs is 1. The van der Waals surface area contributed by atoms with Crippen LogP contribution in [0.15, 0.2) is 42.5 Å². The summed E-state index contributed by atoms with van der Waals surface area (Å²) in [6, 6.07) is 11.6. The van der Waals surface area contributed by atoms with Gasteiger partial charge in [-0.3, -0.25) is 0 Å². The van der Waals surface area contributed by atoms with Crippen molar-refractivity contribution in [2.45, 2.75) is 18.6 Å². The standard InChI is InChI=1S/C15H14O4/c16-10-6-4-9(5-7-10)15-13(18)8-11-12(17)2-1-3-14(11)19-15/h1-7,13,15-18H,8H2/t13-,15-/m0/s1. The van der Waals surface area contributed by atoms with Gasteiger partial charge in [-0.1, -0.05) is 18.2 Å². The van der Waals surface area contributed by atoms with Gasteiger partial charge in [0.25, 0.3) is 0 Å². The average molecular weight is 258 g/mol. The Labute approximate surface area is 110 Å². The summed E-state index contributed by atoms with van der Waals surface area (Å²) < 4.78 is 5.76. The molecule has 0 bridgehead atoms. The van der Waals surface area contributed by atoms with Crippen LogP contribution in [-0.2, 0) is 6.42 Å². The highest BCUT2D eigenvalue weighted by Crippen LogP contribution is 2.39. The molecule has 98 valence electrons. The third kappa shape index (κ3) is 2.11. The van der Waals surface area contributed by atoms with Crippen LogP contribution in [0.1, 0.15) is 17.2 Å². The zero-order chi connectivity index (χ0) is 13.4. The first-order chi connectivity index (χ1) is 9.15. The molecule has 3 rings (SSSR count). The van der Waals surface area contributed by atoms with E-state index in [1.807, 2.05) is 0 Å². The molecule has 0 aliphatic carbocycles. The summed E-state index contributed by atoms with van der Waals surface area (Å²) in [7, 11) is 0. The van der Waals surface area contributed by atoms with Gasteiger partial charge in [-0.05, 0) is 29.8 Å². The first kappa shape index (κ1) is 11.9. The van der Waals surface area contributed by atoms with E-state index >= 15 is 0 Å². The molecule has 19 heavy (non-hydrogen) atoms. The molecule has 4 nitrogen and oxygen atoms in total. The Morgan fingerprint density at radius 2 is 1.74 bits per heavy atom. The number of aromatic hydroxyl groups is 2. The smallest absolute Gasteiger partial charge is 0.150 e. The number of hydrogen-bond donors (Lipinski definition) is 3. The highest BCUT2D eigenvalue weighted by atomic mass is 16.5. The van der Waals surface area contributed by atoms with E-state index in [0.717, 1.165) is 5.56 Å². The van der Waals surface area contributed by atoms with Gasteiger partial charge in [0.05, 0.1) is 6.10 Å². The average Bonchev–Trinajstić information content (AvgIpc) is 2.40. The molecule has 0 amide bonds. The molecule has 0 unspecified atom stereocenters. The Morgan fingerprint density at radius 3 is 2.47 bits per heavy atom. The van der Waals surface area contributed by atoms with Crippen molar-refractivity contribution in [3.8, 4) is 17.2 Å². The van der Waals surface area contributed by atoms with Crippen molar-refractivity contribution in [3.05, 3.63) is 53.6 Å². The molecule has 1 aliphatic heterocycles. The number of rotatable bonds is 1. The molecule has 4 heteroatoms. The maximum Gasteiger partial charge on any atom is 0.150 e. The molecular formula is C15H14O4. The molecule has 2 aromatic carbocycles. The summed E-state index contributed by atoms with van der Waals surface area (Å²) in [5.74, 6) is 0.899. The minimum Gasteiger partial charge on any atom is -0.508 e. The number of benzene rings is 2. The van der Waals surface area contributed by atoms with Crippen LogP contribution in [0.4, 0.5) is 0 Å². The van der Waals surface area contributed by atoms with Gasteiger partial charge in [-0.25, -0.2) is 0 Å². The first-order valence-electron chi connectivity index (χ1n) is 6.09. The predicted octanol–water partition coefficient (Wildman–Crippen LogP) is 2.13. The molecule has 1 heterocycles. The van der Waals surface area contributed by atoms with Crippen LogP contribution in [0.3, 0.4) is 0 Å². The molecule has 0 radical (unpaired) electrons. The summed E-state index contributed by atoms with van der Waals surface area (Å²) in [4.78, 5) is 0. The maximum atomic E-state index is 10.2. The molecule has 0 spiro atoms. The van der Waals surface area contributed by atoms with E-state index in [4.69, 9.17) is 4.74 Å². The quantitative estimate of drug-likeness (QED) is 0.733. The van der Waals surface area contributed by atoms with Crippen LogP contribution in [0.5, 0.6) is 17.2 Å². The first-order valence-corrected chi connectivity index (χ1v) is 6.09. The maximum absolute atomic E-state index is 10.2. The third-order valence-electron chi connectivity index (χ3n) is 3.35. The Morgan fingerprint density at radius 1 is 1.00 bits per heavy atom. The van der Waals surface area contributed by atoms with Gasteiger partial charge in [0, 0.05) is 12.0 Å². The van der Waals surface area contributed by atoms with E-state index in [2.05, 4.69) is 0 Å². The van der Waals surface area contributed by atoms with E-state index < -0.39 is 12.2 Å². The number of hydrogen-bond acceptors (Lipinski definition) is 4. The lowest BCUT2D eigenvalue weighted by molar-refractivity contribution is 0.0200. The number of phenols is 2. The molecule has 3 N–H and O–H groups in total. The zero-order valence-corrected chi connectivity index (χ0v) is 10.2. The predicted molar refractivity (Wildman–Crippen MR) is 69.3 cm³/mol. The molecule has 2 atom stereocenters. The number of aliphatic hydroxyl groups is 1. The Bertz CT molecular complexity index is 592. The van der Waals surface area contributed by atoms with E-state index in [-0.39, 0.29) is 11.5 Å². The summed E-state index contributed by atoms with van der Waals surface area (Å²) in [6.45, 7) is 0. The van der Waals surface area contributed by atoms with Crippen molar-refractivity contribution in [1.29, 1.82) is 0 Å². The highest BCUT2D eigenvalue weighted by molar-refractivity contribution is 5.46. The fourth-order valence-electron chi connectivity index (χ4n) is 2.36. The van der Waals surface area contributed by atoms with Crippen molar-refractivity contribution in [2.75, 3.05) is 0 Å². The van der Waals surface area contributed by atoms with Gasteiger partial charge in [-0.15, -0.1) is 0 Å². The third-order valence-corrected chi connectivity index (χ3v) is 3.35. The van der Waals surface area contributed by atoms with E-state index in [1.54, 1.807) is 42.5 Å². The number of phenolic OH excluding ortho intramolecular Hbond substituents is 2. The SMILES string of the molecule is Oc1ccc([C@@H]2Oc3cccc(O)c3C[C@@H]2O)cc1. The van der Waals surface area contributed by atoms with Crippen LogP contribution < -0.4 is 4.74 Å². The van der Waals surface area contributed by atoms with Crippen molar-refractivity contribution >= 4 is 0 Å². The minimum absolute atomic E-state index is 0.140. The Kier molecular flexibility index (Phi) is 2.80. The molecular weight excluding hydrogens is 244 g/mol. The van der Waals surface area contributed by atoms with Crippen LogP contribution in [-0.4, -0.2) is 21.4 Å². The lowest BCUT2D eigenvalue weighted by atomic mass is 9.94. The summed E-state index contributed by atoms with van der Waals surface area (Å²) in [5.41, 5.74) is 1.42. The fourth-order valence-corrected chi connectivity index (χ4v) is 2.36. The molecule has 0 aromatic heterocycles. The topological polar surface area (TPSA) is 69.9 Å². The van der Waals surface area contributed by atoms with Crippen LogP contribution in [0.25, 0.3) is 0 Å². The largest absolute Gasteiger partial charge is 0.508 e. The Hall–Kier alpha value is -2.20. The van der Waals surface area contributed by atoms with Crippen LogP contribution >= 0.6 is 0 Å². The second kappa shape index (κ2) is 4.48. The summed E-state index contributed by atoms with van der Waals surface area (Å²) >= 11 is 0. The van der Waals surface area contributed by atoms with Gasteiger partial charge in [0.1, 0.15) is 23.4 Å². The van der Waals surface area contributed by atoms with Gasteiger partial charge in [0.15, 0.2) is 0 Å². The van der Waals surface area contributed by atoms with Crippen LogP contribution in [0, 0.1) is 0 Å². The van der Waals surface area contributed by atoms with Crippen molar-refractivity contribution in [1.82, 2.24) is 0 Å². The van der Waals surface area contributed by atoms with Crippen molar-refractivity contribution in [3.63, 3.8) is 0 Å². The second-order valence-corrected chi connectivity index (χ2v) is 4.66. The van der Waals surface area contributed by atoms with Gasteiger partial charge in [0.2, 0.25) is 0 Å². The lowest BCUT2D eigenvalue weighted by Crippen LogP contribution is -2.30. The van der Waals surface area contributed by atoms with E-state index in [0.29, 0.717) is 17.7 Å². The van der Waals surface area contributed by atoms with E-state index in [1.165, 1.54) is 0 Å². The molecule has 0 fully saturated rings. The van der Waals surface area contributed by atoms with Crippen molar-refractivity contribution < 1.29 is 20.1 Å². The molecule has 0 saturated heterocycles. The van der Waals surface area contributed by atoms with Gasteiger partial charge in [-0.2, -0.15) is 0 Å². The lowest BCUT2D eigenvalue weighted by Gasteiger charge is -2.31. The Balaban J connectivity index is 1.95. The van der Waals surface area contributed by atoms with Gasteiger partial charge >= 0.3 is 0 Å². The molecule has 0 saturated carbocycles. The number of ether oxygens (including phenoxy) is 1. The van der Waals surface area contributed by atoms with Gasteiger partial charge < -0.3 is 20.1 Å². The minimum atomic E-state index is -0.731. The summed E-state index contributed by atoms with van der Waals surface area (Å²) in [6.07, 6.45) is -0.881. The molecule has 1 aliphatic rings. The monoisotopic (exact) mass is 258 g/mol. The number of aliphatic hydroxyl groups excluding tert-OH is 1. The van der Waals surface area contributed by atoms with Crippen LogP contribution in [0.2, 0.25) is 0 Å². The second-order valence-electron chi connectivity index (χ2n) is 4.66. The molecule has 2 aromatic rings. The fraction of sp³-hybridized carbons (Fsp3) is 0.200. The van der Waals surface area contributed by atoms with Crippen molar-refractivity contribution in [2.24, 2.45) is 0 Å². The zero-order valence-electron chi connectivity index (χ0n) is 10.2. The highest BCUT2D eigenvalue weighted by Gasteiger charge is 2.31.